The van der Waals surface area contributed by atoms with Gasteiger partial charge in [-0.3, -0.25) is 4.98 Å². The van der Waals surface area contributed by atoms with Gasteiger partial charge in [-0.15, -0.1) is 0 Å². The predicted molar refractivity (Wildman–Crippen MR) is 67.1 cm³/mol. The third kappa shape index (κ3) is 2.95. The summed E-state index contributed by atoms with van der Waals surface area (Å²) in [6.07, 6.45) is 2.71. The zero-order valence-corrected chi connectivity index (χ0v) is 11.2. The van der Waals surface area contributed by atoms with Gasteiger partial charge < -0.3 is 9.84 Å². The minimum absolute atomic E-state index is 0.00376. The highest BCUT2D eigenvalue weighted by atomic mass is 79.9. The fourth-order valence-electron chi connectivity index (χ4n) is 1.17. The van der Waals surface area contributed by atoms with Crippen molar-refractivity contribution in [2.24, 2.45) is 0 Å². The first kappa shape index (κ1) is 13.2. The van der Waals surface area contributed by atoms with Crippen LogP contribution in [0.3, 0.4) is 0 Å². The quantitative estimate of drug-likeness (QED) is 0.876. The summed E-state index contributed by atoms with van der Waals surface area (Å²) >= 11 is 8.81. The second-order valence-electron chi connectivity index (χ2n) is 3.30. The minimum atomic E-state index is -0.588. The van der Waals surface area contributed by atoms with Crippen LogP contribution in [0.4, 0.5) is 4.39 Å². The van der Waals surface area contributed by atoms with E-state index in [2.05, 4.69) is 25.9 Å². The molecule has 18 heavy (non-hydrogen) atoms. The van der Waals surface area contributed by atoms with E-state index in [-0.39, 0.29) is 23.3 Å². The zero-order valence-electron chi connectivity index (χ0n) is 8.90. The van der Waals surface area contributed by atoms with Crippen molar-refractivity contribution in [1.82, 2.24) is 9.97 Å². The van der Waals surface area contributed by atoms with Gasteiger partial charge in [0.05, 0.1) is 34.2 Å². The summed E-state index contributed by atoms with van der Waals surface area (Å²) in [6.45, 7) is -0.202. The SMILES string of the molecule is OCc1cnc(Oc2cc(F)c(Cl)cc2Br)cn1. The number of rotatable bonds is 3. The van der Waals surface area contributed by atoms with E-state index in [9.17, 15) is 4.39 Å². The summed E-state index contributed by atoms with van der Waals surface area (Å²) < 4.78 is 19.1. The van der Waals surface area contributed by atoms with Crippen molar-refractivity contribution in [3.05, 3.63) is 45.5 Å². The predicted octanol–water partition coefficient (Wildman–Crippen LogP) is 3.32. The Hall–Kier alpha value is -1.24. The van der Waals surface area contributed by atoms with E-state index in [4.69, 9.17) is 21.4 Å². The molecule has 0 saturated heterocycles. The van der Waals surface area contributed by atoms with E-state index in [0.717, 1.165) is 6.07 Å². The Morgan fingerprint density at radius 2 is 2.11 bits per heavy atom. The molecular formula is C11H7BrClFN2O2. The summed E-state index contributed by atoms with van der Waals surface area (Å²) in [7, 11) is 0. The molecule has 1 aromatic heterocycles. The van der Waals surface area contributed by atoms with Crippen LogP contribution in [0.25, 0.3) is 0 Å². The third-order valence-electron chi connectivity index (χ3n) is 2.03. The number of halogens is 3. The fraction of sp³-hybridized carbons (Fsp3) is 0.0909. The Balaban J connectivity index is 2.25. The van der Waals surface area contributed by atoms with E-state index in [0.29, 0.717) is 10.2 Å². The van der Waals surface area contributed by atoms with Gasteiger partial charge in [-0.1, -0.05) is 11.6 Å². The number of ether oxygens (including phenoxy) is 1. The molecule has 1 aromatic carbocycles. The van der Waals surface area contributed by atoms with E-state index in [1.807, 2.05) is 0 Å². The van der Waals surface area contributed by atoms with Gasteiger partial charge in [0.15, 0.2) is 0 Å². The number of hydrogen-bond donors (Lipinski definition) is 1. The summed E-state index contributed by atoms with van der Waals surface area (Å²) in [5, 5.41) is 8.81. The molecule has 0 aliphatic rings. The van der Waals surface area contributed by atoms with Crippen molar-refractivity contribution in [2.45, 2.75) is 6.61 Å². The standard InChI is InChI=1S/C11H7BrClFN2O2/c12-7-1-8(13)9(14)2-10(7)18-11-4-15-6(5-17)3-16-11/h1-4,17H,5H2. The van der Waals surface area contributed by atoms with Crippen molar-refractivity contribution in [1.29, 1.82) is 0 Å². The second-order valence-corrected chi connectivity index (χ2v) is 4.56. The molecule has 0 atom stereocenters. The third-order valence-corrected chi connectivity index (χ3v) is 2.94. The van der Waals surface area contributed by atoms with Crippen molar-refractivity contribution >= 4 is 27.5 Å². The van der Waals surface area contributed by atoms with Gasteiger partial charge in [0.25, 0.3) is 0 Å². The lowest BCUT2D eigenvalue weighted by Crippen LogP contribution is -1.94. The van der Waals surface area contributed by atoms with Crippen LogP contribution < -0.4 is 4.74 Å². The van der Waals surface area contributed by atoms with Crippen LogP contribution in [0.1, 0.15) is 5.69 Å². The van der Waals surface area contributed by atoms with Gasteiger partial charge in [0, 0.05) is 6.07 Å². The molecule has 0 aliphatic carbocycles. The maximum Gasteiger partial charge on any atom is 0.237 e. The first-order valence-electron chi connectivity index (χ1n) is 4.84. The van der Waals surface area contributed by atoms with Crippen LogP contribution in [-0.2, 0) is 6.61 Å². The first-order valence-corrected chi connectivity index (χ1v) is 6.01. The Morgan fingerprint density at radius 1 is 1.33 bits per heavy atom. The number of aromatic nitrogens is 2. The number of aliphatic hydroxyl groups excluding tert-OH is 1. The molecule has 0 spiro atoms. The zero-order chi connectivity index (χ0) is 13.1. The van der Waals surface area contributed by atoms with Gasteiger partial charge in [-0.25, -0.2) is 9.37 Å². The lowest BCUT2D eigenvalue weighted by atomic mass is 10.3. The van der Waals surface area contributed by atoms with Crippen molar-refractivity contribution in [3.8, 4) is 11.6 Å². The normalized spacial score (nSPS) is 10.4. The highest BCUT2D eigenvalue weighted by molar-refractivity contribution is 9.10. The molecule has 94 valence electrons. The maximum atomic E-state index is 13.3. The number of hydrogen-bond acceptors (Lipinski definition) is 4. The molecule has 0 saturated carbocycles. The lowest BCUT2D eigenvalue weighted by molar-refractivity contribution is 0.276. The van der Waals surface area contributed by atoms with Crippen LogP contribution in [0.2, 0.25) is 5.02 Å². The van der Waals surface area contributed by atoms with Crippen molar-refractivity contribution in [2.75, 3.05) is 0 Å². The molecule has 0 unspecified atom stereocenters. The van der Waals surface area contributed by atoms with E-state index < -0.39 is 5.82 Å². The smallest absolute Gasteiger partial charge is 0.237 e. The second kappa shape index (κ2) is 5.60. The first-order chi connectivity index (χ1) is 8.60. The lowest BCUT2D eigenvalue weighted by Gasteiger charge is -2.07. The largest absolute Gasteiger partial charge is 0.436 e. The van der Waals surface area contributed by atoms with E-state index in [1.54, 1.807) is 0 Å². The molecule has 1 heterocycles. The summed E-state index contributed by atoms with van der Waals surface area (Å²) in [6, 6.07) is 2.54. The molecule has 1 N–H and O–H groups in total. The van der Waals surface area contributed by atoms with Gasteiger partial charge in [-0.05, 0) is 22.0 Å². The Kier molecular flexibility index (Phi) is 4.11. The minimum Gasteiger partial charge on any atom is -0.436 e. The number of nitrogens with zero attached hydrogens (tertiary/aromatic N) is 2. The average Bonchev–Trinajstić information content (AvgIpc) is 2.37. The Morgan fingerprint density at radius 3 is 2.72 bits per heavy atom. The molecule has 0 aliphatic heterocycles. The number of aliphatic hydroxyl groups is 1. The molecule has 0 radical (unpaired) electrons. The maximum absolute atomic E-state index is 13.3. The molecule has 2 rings (SSSR count). The molecule has 0 amide bonds. The fourth-order valence-corrected chi connectivity index (χ4v) is 1.89. The van der Waals surface area contributed by atoms with E-state index in [1.165, 1.54) is 18.5 Å². The van der Waals surface area contributed by atoms with Crippen LogP contribution in [0.5, 0.6) is 11.6 Å². The Bertz CT molecular complexity index is 566. The van der Waals surface area contributed by atoms with Crippen molar-refractivity contribution in [3.63, 3.8) is 0 Å². The topological polar surface area (TPSA) is 55.2 Å². The molecule has 7 heteroatoms. The van der Waals surface area contributed by atoms with Gasteiger partial charge in [0.2, 0.25) is 5.88 Å². The summed E-state index contributed by atoms with van der Waals surface area (Å²) in [5.74, 6) is -0.160. The Labute approximate surface area is 116 Å². The molecule has 0 bridgehead atoms. The molecule has 2 aromatic rings. The van der Waals surface area contributed by atoms with Gasteiger partial charge in [-0.2, -0.15) is 0 Å². The molecular weight excluding hydrogens is 326 g/mol. The van der Waals surface area contributed by atoms with Crippen LogP contribution in [0.15, 0.2) is 29.0 Å². The molecule has 4 nitrogen and oxygen atoms in total. The van der Waals surface area contributed by atoms with Crippen LogP contribution in [0, 0.1) is 5.82 Å². The highest BCUT2D eigenvalue weighted by Gasteiger charge is 2.09. The monoisotopic (exact) mass is 332 g/mol. The summed E-state index contributed by atoms with van der Waals surface area (Å²) in [5.41, 5.74) is 0.420. The van der Waals surface area contributed by atoms with E-state index >= 15 is 0 Å². The summed E-state index contributed by atoms with van der Waals surface area (Å²) in [4.78, 5) is 7.81. The average molecular weight is 334 g/mol. The van der Waals surface area contributed by atoms with Gasteiger partial charge >= 0.3 is 0 Å². The molecule has 0 fully saturated rings. The van der Waals surface area contributed by atoms with Crippen LogP contribution >= 0.6 is 27.5 Å². The number of benzene rings is 1. The van der Waals surface area contributed by atoms with Crippen LogP contribution in [-0.4, -0.2) is 15.1 Å². The highest BCUT2D eigenvalue weighted by Crippen LogP contribution is 2.32. The van der Waals surface area contributed by atoms with Crippen molar-refractivity contribution < 1.29 is 14.2 Å². The van der Waals surface area contributed by atoms with Gasteiger partial charge in [0.1, 0.15) is 11.6 Å².